The first kappa shape index (κ1) is 21.8. The van der Waals surface area contributed by atoms with E-state index in [1.165, 1.54) is 4.90 Å². The maximum absolute atomic E-state index is 13.4. The van der Waals surface area contributed by atoms with E-state index in [4.69, 9.17) is 18.9 Å². The van der Waals surface area contributed by atoms with Crippen molar-refractivity contribution in [3.63, 3.8) is 0 Å². The summed E-state index contributed by atoms with van der Waals surface area (Å²) < 4.78 is 21.7. The Bertz CT molecular complexity index is 1260. The molecule has 0 fully saturated rings. The van der Waals surface area contributed by atoms with Crippen molar-refractivity contribution < 1.29 is 33.6 Å². The van der Waals surface area contributed by atoms with Gasteiger partial charge in [0.05, 0.1) is 25.8 Å². The number of rotatable bonds is 8. The topological polar surface area (TPSA) is 94.5 Å². The van der Waals surface area contributed by atoms with Crippen LogP contribution in [0, 0.1) is 0 Å². The van der Waals surface area contributed by atoms with Crippen molar-refractivity contribution in [2.75, 3.05) is 32.0 Å². The minimum atomic E-state index is -1.98. The van der Waals surface area contributed by atoms with Gasteiger partial charge in [-0.05, 0) is 36.4 Å². The molecule has 34 heavy (non-hydrogen) atoms. The van der Waals surface area contributed by atoms with Crippen molar-refractivity contribution in [1.29, 1.82) is 0 Å². The van der Waals surface area contributed by atoms with Crippen LogP contribution in [0.3, 0.4) is 0 Å². The molecule has 2 aliphatic heterocycles. The second kappa shape index (κ2) is 8.72. The van der Waals surface area contributed by atoms with E-state index in [9.17, 15) is 14.7 Å². The first-order valence-corrected chi connectivity index (χ1v) is 10.8. The Balaban J connectivity index is 1.35. The summed E-state index contributed by atoms with van der Waals surface area (Å²) in [5.41, 5.74) is -0.696. The van der Waals surface area contributed by atoms with Crippen LogP contribution in [0.25, 0.3) is 0 Å². The number of ketones is 1. The van der Waals surface area contributed by atoms with Crippen LogP contribution in [0.4, 0.5) is 5.69 Å². The fourth-order valence-corrected chi connectivity index (χ4v) is 4.29. The molecule has 8 nitrogen and oxygen atoms in total. The van der Waals surface area contributed by atoms with E-state index < -0.39 is 17.9 Å². The van der Waals surface area contributed by atoms with Gasteiger partial charge >= 0.3 is 0 Å². The van der Waals surface area contributed by atoms with E-state index >= 15 is 0 Å². The monoisotopic (exact) mass is 461 g/mol. The van der Waals surface area contributed by atoms with Crippen LogP contribution in [-0.4, -0.2) is 43.9 Å². The zero-order chi connectivity index (χ0) is 23.7. The molecule has 2 heterocycles. The summed E-state index contributed by atoms with van der Waals surface area (Å²) in [6, 6.07) is 19.0. The van der Waals surface area contributed by atoms with Crippen LogP contribution in [0.1, 0.15) is 22.3 Å². The number of Topliss-reactive ketones (excluding diaryl/α,β-unsaturated/α-hetero) is 1. The highest BCUT2D eigenvalue weighted by atomic mass is 16.7. The van der Waals surface area contributed by atoms with E-state index in [-0.39, 0.29) is 25.7 Å². The van der Waals surface area contributed by atoms with Crippen molar-refractivity contribution in [2.24, 2.45) is 0 Å². The minimum absolute atomic E-state index is 0.0919. The maximum atomic E-state index is 13.4. The lowest BCUT2D eigenvalue weighted by atomic mass is 9.88. The van der Waals surface area contributed by atoms with Gasteiger partial charge in [-0.1, -0.05) is 30.3 Å². The number of ether oxygens (including phenoxy) is 4. The SMILES string of the molecule is COc1ccccc1OCCN1C(=O)[C@](O)(CC(=O)c2ccc3c(c2)OCO3)c2ccccc21. The zero-order valence-corrected chi connectivity index (χ0v) is 18.5. The minimum Gasteiger partial charge on any atom is -0.493 e. The summed E-state index contributed by atoms with van der Waals surface area (Å²) in [5, 5.41) is 11.5. The van der Waals surface area contributed by atoms with Crippen LogP contribution in [0.2, 0.25) is 0 Å². The fraction of sp³-hybridized carbons (Fsp3) is 0.231. The van der Waals surface area contributed by atoms with Crippen molar-refractivity contribution >= 4 is 17.4 Å². The molecule has 0 aromatic heterocycles. The van der Waals surface area contributed by atoms with E-state index in [2.05, 4.69) is 0 Å². The molecule has 0 spiro atoms. The third-order valence-corrected chi connectivity index (χ3v) is 5.99. The molecule has 1 amide bonds. The number of amides is 1. The molecule has 2 aliphatic rings. The summed E-state index contributed by atoms with van der Waals surface area (Å²) in [5.74, 6) is 1.21. The Morgan fingerprint density at radius 1 is 1.03 bits per heavy atom. The number of carbonyl (C=O) groups excluding carboxylic acids is 2. The molecule has 0 aliphatic carbocycles. The van der Waals surface area contributed by atoms with Crippen LogP contribution in [-0.2, 0) is 10.4 Å². The molecule has 0 saturated carbocycles. The average Bonchev–Trinajstić information content (AvgIpc) is 3.41. The molecule has 0 radical (unpaired) electrons. The number of hydrogen-bond donors (Lipinski definition) is 1. The second-order valence-electron chi connectivity index (χ2n) is 8.00. The molecule has 0 saturated heterocycles. The number of anilines is 1. The number of fused-ring (bicyclic) bond motifs is 2. The number of benzene rings is 3. The summed E-state index contributed by atoms with van der Waals surface area (Å²) in [7, 11) is 1.56. The molecular formula is C26H23NO7. The number of para-hydroxylation sites is 3. The third-order valence-electron chi connectivity index (χ3n) is 5.99. The van der Waals surface area contributed by atoms with Crippen molar-refractivity contribution in [1.82, 2.24) is 0 Å². The van der Waals surface area contributed by atoms with Crippen LogP contribution in [0.15, 0.2) is 66.7 Å². The standard InChI is InChI=1S/C26H23NO7/c1-31-21-8-4-5-9-22(21)32-13-12-27-19-7-3-2-6-18(19)26(30,25(27)29)15-20(28)17-10-11-23-24(14-17)34-16-33-23/h2-11,14,30H,12-13,15-16H2,1H3/t26-/m0/s1. The number of aliphatic hydroxyl groups is 1. The average molecular weight is 461 g/mol. The van der Waals surface area contributed by atoms with E-state index in [0.717, 1.165) is 0 Å². The summed E-state index contributed by atoms with van der Waals surface area (Å²) >= 11 is 0. The lowest BCUT2D eigenvalue weighted by Gasteiger charge is -2.23. The molecule has 5 rings (SSSR count). The summed E-state index contributed by atoms with van der Waals surface area (Å²) in [6.07, 6.45) is -0.396. The highest BCUT2D eigenvalue weighted by Gasteiger charge is 2.50. The molecule has 1 N–H and O–H groups in total. The third kappa shape index (κ3) is 3.72. The lowest BCUT2D eigenvalue weighted by Crippen LogP contribution is -2.43. The molecular weight excluding hydrogens is 438 g/mol. The van der Waals surface area contributed by atoms with E-state index in [1.54, 1.807) is 61.7 Å². The molecule has 0 bridgehead atoms. The normalized spacial score (nSPS) is 18.1. The predicted molar refractivity (Wildman–Crippen MR) is 123 cm³/mol. The van der Waals surface area contributed by atoms with Gasteiger partial charge in [0.1, 0.15) is 6.61 Å². The highest BCUT2D eigenvalue weighted by Crippen LogP contribution is 2.43. The number of methoxy groups -OCH3 is 1. The number of hydrogen-bond acceptors (Lipinski definition) is 7. The van der Waals surface area contributed by atoms with Gasteiger partial charge in [0, 0.05) is 11.1 Å². The van der Waals surface area contributed by atoms with Gasteiger partial charge in [-0.25, -0.2) is 0 Å². The van der Waals surface area contributed by atoms with Crippen molar-refractivity contribution in [3.8, 4) is 23.0 Å². The summed E-state index contributed by atoms with van der Waals surface area (Å²) in [6.45, 7) is 0.454. The maximum Gasteiger partial charge on any atom is 0.264 e. The molecule has 8 heteroatoms. The quantitative estimate of drug-likeness (QED) is 0.515. The van der Waals surface area contributed by atoms with Gasteiger partial charge in [-0.3, -0.25) is 9.59 Å². The van der Waals surface area contributed by atoms with Gasteiger partial charge in [-0.2, -0.15) is 0 Å². The fourth-order valence-electron chi connectivity index (χ4n) is 4.29. The predicted octanol–water partition coefficient (Wildman–Crippen LogP) is 3.31. The molecule has 1 atom stereocenters. The van der Waals surface area contributed by atoms with Gasteiger partial charge < -0.3 is 29.0 Å². The Kier molecular flexibility index (Phi) is 5.59. The number of nitrogens with zero attached hydrogens (tertiary/aromatic N) is 1. The van der Waals surface area contributed by atoms with Crippen LogP contribution in [0.5, 0.6) is 23.0 Å². The Morgan fingerprint density at radius 3 is 2.59 bits per heavy atom. The number of carbonyl (C=O) groups is 2. The van der Waals surface area contributed by atoms with Crippen LogP contribution < -0.4 is 23.8 Å². The summed E-state index contributed by atoms with van der Waals surface area (Å²) in [4.78, 5) is 27.9. The Morgan fingerprint density at radius 2 is 1.76 bits per heavy atom. The van der Waals surface area contributed by atoms with Gasteiger partial charge in [-0.15, -0.1) is 0 Å². The Hall–Kier alpha value is -4.04. The zero-order valence-electron chi connectivity index (χ0n) is 18.5. The van der Waals surface area contributed by atoms with E-state index in [1.807, 2.05) is 12.1 Å². The molecule has 174 valence electrons. The van der Waals surface area contributed by atoms with Gasteiger partial charge in [0.25, 0.3) is 5.91 Å². The van der Waals surface area contributed by atoms with Crippen molar-refractivity contribution in [2.45, 2.75) is 12.0 Å². The first-order valence-electron chi connectivity index (χ1n) is 10.8. The van der Waals surface area contributed by atoms with Crippen LogP contribution >= 0.6 is 0 Å². The largest absolute Gasteiger partial charge is 0.493 e. The first-order chi connectivity index (χ1) is 16.5. The molecule has 0 unspecified atom stereocenters. The Labute approximate surface area is 196 Å². The molecule has 3 aromatic rings. The van der Waals surface area contributed by atoms with E-state index in [0.29, 0.717) is 39.8 Å². The lowest BCUT2D eigenvalue weighted by molar-refractivity contribution is -0.135. The van der Waals surface area contributed by atoms with Crippen molar-refractivity contribution in [3.05, 3.63) is 77.9 Å². The smallest absolute Gasteiger partial charge is 0.264 e. The van der Waals surface area contributed by atoms with Gasteiger partial charge in [0.15, 0.2) is 34.4 Å². The molecule has 3 aromatic carbocycles. The second-order valence-corrected chi connectivity index (χ2v) is 8.00. The highest BCUT2D eigenvalue weighted by molar-refractivity contribution is 6.10. The van der Waals surface area contributed by atoms with Gasteiger partial charge in [0.2, 0.25) is 6.79 Å².